The van der Waals surface area contributed by atoms with Crippen molar-refractivity contribution in [3.05, 3.63) is 94.5 Å². The fourth-order valence-electron chi connectivity index (χ4n) is 3.64. The van der Waals surface area contributed by atoms with E-state index in [-0.39, 0.29) is 6.54 Å². The number of aliphatic hydroxyl groups is 1. The molecule has 0 aromatic heterocycles. The van der Waals surface area contributed by atoms with Crippen molar-refractivity contribution in [2.24, 2.45) is 0 Å². The molecular formula is C23H19ClN2O3. The van der Waals surface area contributed by atoms with Gasteiger partial charge < -0.3 is 10.4 Å². The SMILES string of the molecule is Cc1cccc([C@@]2(O)C(=O)N(CC(=O)Nc3ccccc3Cl)c3ccccc32)c1. The van der Waals surface area contributed by atoms with Crippen LogP contribution in [-0.4, -0.2) is 23.5 Å². The number of halogens is 1. The van der Waals surface area contributed by atoms with Crippen LogP contribution in [0.3, 0.4) is 0 Å². The van der Waals surface area contributed by atoms with Crippen LogP contribution in [0.25, 0.3) is 0 Å². The molecule has 0 fully saturated rings. The molecule has 5 nitrogen and oxygen atoms in total. The molecule has 0 bridgehead atoms. The van der Waals surface area contributed by atoms with E-state index in [4.69, 9.17) is 11.6 Å². The molecule has 29 heavy (non-hydrogen) atoms. The Morgan fingerprint density at radius 1 is 1.07 bits per heavy atom. The lowest BCUT2D eigenvalue weighted by Crippen LogP contribution is -2.44. The molecule has 0 saturated carbocycles. The number of carbonyl (C=O) groups is 2. The number of hydrogen-bond acceptors (Lipinski definition) is 3. The van der Waals surface area contributed by atoms with Gasteiger partial charge in [0.15, 0.2) is 5.60 Å². The summed E-state index contributed by atoms with van der Waals surface area (Å²) in [5, 5.41) is 14.6. The number of nitrogens with one attached hydrogen (secondary N) is 1. The Balaban J connectivity index is 1.68. The predicted molar refractivity (Wildman–Crippen MR) is 113 cm³/mol. The van der Waals surface area contributed by atoms with Crippen LogP contribution in [0.5, 0.6) is 0 Å². The van der Waals surface area contributed by atoms with E-state index in [2.05, 4.69) is 5.32 Å². The van der Waals surface area contributed by atoms with Crippen LogP contribution in [0.2, 0.25) is 5.02 Å². The molecule has 3 aromatic carbocycles. The summed E-state index contributed by atoms with van der Waals surface area (Å²) >= 11 is 6.10. The van der Waals surface area contributed by atoms with E-state index in [9.17, 15) is 14.7 Å². The lowest BCUT2D eigenvalue weighted by molar-refractivity contribution is -0.133. The summed E-state index contributed by atoms with van der Waals surface area (Å²) in [5.41, 5.74) is 0.998. The molecule has 6 heteroatoms. The normalized spacial score (nSPS) is 17.9. The molecule has 4 rings (SSSR count). The number of aryl methyl sites for hydroxylation is 1. The van der Waals surface area contributed by atoms with E-state index >= 15 is 0 Å². The highest BCUT2D eigenvalue weighted by Crippen LogP contribution is 2.44. The van der Waals surface area contributed by atoms with Crippen molar-refractivity contribution >= 4 is 34.8 Å². The maximum atomic E-state index is 13.3. The van der Waals surface area contributed by atoms with Crippen molar-refractivity contribution in [2.45, 2.75) is 12.5 Å². The van der Waals surface area contributed by atoms with Crippen molar-refractivity contribution in [1.82, 2.24) is 0 Å². The average Bonchev–Trinajstić information content (AvgIpc) is 2.93. The topological polar surface area (TPSA) is 69.6 Å². The molecule has 0 radical (unpaired) electrons. The van der Waals surface area contributed by atoms with Gasteiger partial charge in [0.1, 0.15) is 6.54 Å². The Bertz CT molecular complexity index is 1110. The Morgan fingerprint density at radius 3 is 2.55 bits per heavy atom. The van der Waals surface area contributed by atoms with Gasteiger partial charge in [-0.2, -0.15) is 0 Å². The second-order valence-electron chi connectivity index (χ2n) is 7.02. The lowest BCUT2D eigenvalue weighted by Gasteiger charge is -2.24. The Labute approximate surface area is 173 Å². The minimum absolute atomic E-state index is 0.241. The molecule has 1 heterocycles. The Morgan fingerprint density at radius 2 is 1.79 bits per heavy atom. The van der Waals surface area contributed by atoms with Gasteiger partial charge in [0.25, 0.3) is 5.91 Å². The van der Waals surface area contributed by atoms with Gasteiger partial charge in [0.05, 0.1) is 16.4 Å². The zero-order valence-electron chi connectivity index (χ0n) is 15.7. The largest absolute Gasteiger partial charge is 0.372 e. The monoisotopic (exact) mass is 406 g/mol. The van der Waals surface area contributed by atoms with Gasteiger partial charge in [-0.3, -0.25) is 14.5 Å². The molecule has 0 unspecified atom stereocenters. The summed E-state index contributed by atoms with van der Waals surface area (Å²) in [6.07, 6.45) is 0. The van der Waals surface area contributed by atoms with Gasteiger partial charge in [0.2, 0.25) is 5.91 Å². The van der Waals surface area contributed by atoms with Crippen LogP contribution in [0.4, 0.5) is 11.4 Å². The number of para-hydroxylation sites is 2. The summed E-state index contributed by atoms with van der Waals surface area (Å²) in [7, 11) is 0. The molecule has 1 atom stereocenters. The first-order valence-corrected chi connectivity index (χ1v) is 9.54. The molecule has 0 spiro atoms. The van der Waals surface area contributed by atoms with Crippen LogP contribution in [0.15, 0.2) is 72.8 Å². The first-order valence-electron chi connectivity index (χ1n) is 9.16. The fourth-order valence-corrected chi connectivity index (χ4v) is 3.82. The van der Waals surface area contributed by atoms with Crippen LogP contribution in [0.1, 0.15) is 16.7 Å². The number of benzene rings is 3. The number of carbonyl (C=O) groups excluding carboxylic acids is 2. The first-order chi connectivity index (χ1) is 13.9. The van der Waals surface area contributed by atoms with Gasteiger partial charge >= 0.3 is 0 Å². The van der Waals surface area contributed by atoms with E-state index in [1.165, 1.54) is 4.90 Å². The lowest BCUT2D eigenvalue weighted by atomic mass is 9.87. The van der Waals surface area contributed by atoms with Gasteiger partial charge in [-0.15, -0.1) is 0 Å². The maximum Gasteiger partial charge on any atom is 0.268 e. The Hall–Kier alpha value is -3.15. The number of rotatable bonds is 4. The number of anilines is 2. The fraction of sp³-hybridized carbons (Fsp3) is 0.130. The van der Waals surface area contributed by atoms with E-state index in [1.54, 1.807) is 66.7 Å². The van der Waals surface area contributed by atoms with Crippen molar-refractivity contribution in [3.63, 3.8) is 0 Å². The van der Waals surface area contributed by atoms with Crippen molar-refractivity contribution in [3.8, 4) is 0 Å². The molecule has 146 valence electrons. The number of hydrogen-bond donors (Lipinski definition) is 2. The minimum Gasteiger partial charge on any atom is -0.372 e. The third-order valence-electron chi connectivity index (χ3n) is 5.02. The molecule has 2 N–H and O–H groups in total. The second-order valence-corrected chi connectivity index (χ2v) is 7.42. The highest BCUT2D eigenvalue weighted by atomic mass is 35.5. The van der Waals surface area contributed by atoms with E-state index in [1.807, 2.05) is 13.0 Å². The second kappa shape index (κ2) is 7.35. The number of nitrogens with zero attached hydrogens (tertiary/aromatic N) is 1. The zero-order valence-corrected chi connectivity index (χ0v) is 16.5. The number of amides is 2. The number of fused-ring (bicyclic) bond motifs is 1. The van der Waals surface area contributed by atoms with Crippen LogP contribution in [0, 0.1) is 6.92 Å². The van der Waals surface area contributed by atoms with Gasteiger partial charge in [0, 0.05) is 5.56 Å². The molecule has 1 aliphatic heterocycles. The van der Waals surface area contributed by atoms with E-state index in [0.29, 0.717) is 27.5 Å². The van der Waals surface area contributed by atoms with Crippen molar-refractivity contribution in [2.75, 3.05) is 16.8 Å². The van der Waals surface area contributed by atoms with Gasteiger partial charge in [-0.25, -0.2) is 0 Å². The van der Waals surface area contributed by atoms with Gasteiger partial charge in [-0.05, 0) is 30.7 Å². The highest BCUT2D eigenvalue weighted by Gasteiger charge is 2.51. The van der Waals surface area contributed by atoms with E-state index in [0.717, 1.165) is 5.56 Å². The zero-order chi connectivity index (χ0) is 20.6. The molecule has 0 aliphatic carbocycles. The standard InChI is InChI=1S/C23H19ClN2O3/c1-15-7-6-8-16(13-15)23(29)17-9-2-5-12-20(17)26(22(23)28)14-21(27)25-19-11-4-3-10-18(19)24/h2-13,29H,14H2,1H3,(H,25,27)/t23-/m0/s1. The molecule has 3 aromatic rings. The van der Waals surface area contributed by atoms with Crippen LogP contribution >= 0.6 is 11.6 Å². The van der Waals surface area contributed by atoms with Crippen molar-refractivity contribution in [1.29, 1.82) is 0 Å². The average molecular weight is 407 g/mol. The summed E-state index contributed by atoms with van der Waals surface area (Å²) < 4.78 is 0. The van der Waals surface area contributed by atoms with Crippen LogP contribution in [-0.2, 0) is 15.2 Å². The molecular weight excluding hydrogens is 388 g/mol. The Kier molecular flexibility index (Phi) is 4.86. The summed E-state index contributed by atoms with van der Waals surface area (Å²) in [5.74, 6) is -0.964. The molecule has 0 saturated heterocycles. The maximum absolute atomic E-state index is 13.3. The smallest absolute Gasteiger partial charge is 0.268 e. The highest BCUT2D eigenvalue weighted by molar-refractivity contribution is 6.33. The van der Waals surface area contributed by atoms with Gasteiger partial charge in [-0.1, -0.05) is 71.8 Å². The summed E-state index contributed by atoms with van der Waals surface area (Å²) in [6, 6.07) is 21.0. The first kappa shape index (κ1) is 19.2. The predicted octanol–water partition coefficient (Wildman–Crippen LogP) is 3.87. The van der Waals surface area contributed by atoms with E-state index < -0.39 is 17.4 Å². The minimum atomic E-state index is -1.84. The van der Waals surface area contributed by atoms with Crippen molar-refractivity contribution < 1.29 is 14.7 Å². The summed E-state index contributed by atoms with van der Waals surface area (Å²) in [4.78, 5) is 27.3. The molecule has 2 amide bonds. The third kappa shape index (κ3) is 3.28. The van der Waals surface area contributed by atoms with Crippen LogP contribution < -0.4 is 10.2 Å². The third-order valence-corrected chi connectivity index (χ3v) is 5.35. The quantitative estimate of drug-likeness (QED) is 0.691. The summed E-state index contributed by atoms with van der Waals surface area (Å²) in [6.45, 7) is 1.65. The molecule has 1 aliphatic rings.